The number of carbonyl (C=O) groups is 2. The number of ether oxygens (including phenoxy) is 1. The standard InChI is InChI=1S/C21H25N3O3S/c1-14-11-15(2)23-21(22-14)28-13-16-7-3-6-10-18(16)20(26)27-12-19(25)24-17-8-4-5-9-17/h3,6-7,10-11,17H,4-5,8-9,12-13H2,1-2H3,(H,24,25). The molecule has 0 spiro atoms. The molecule has 0 saturated heterocycles. The molecule has 28 heavy (non-hydrogen) atoms. The molecule has 0 atom stereocenters. The quantitative estimate of drug-likeness (QED) is 0.435. The van der Waals surface area contributed by atoms with Crippen LogP contribution in [0.5, 0.6) is 0 Å². The first-order valence-electron chi connectivity index (χ1n) is 9.51. The number of nitrogens with one attached hydrogen (secondary N) is 1. The topological polar surface area (TPSA) is 81.2 Å². The maximum atomic E-state index is 12.5. The van der Waals surface area contributed by atoms with Crippen molar-refractivity contribution in [2.24, 2.45) is 0 Å². The number of aromatic nitrogens is 2. The Bertz CT molecular complexity index is 830. The number of aryl methyl sites for hydroxylation is 2. The molecule has 1 saturated carbocycles. The summed E-state index contributed by atoms with van der Waals surface area (Å²) in [4.78, 5) is 33.3. The summed E-state index contributed by atoms with van der Waals surface area (Å²) in [5.74, 6) is -0.183. The van der Waals surface area contributed by atoms with Crippen LogP contribution in [0.1, 0.15) is 53.0 Å². The maximum absolute atomic E-state index is 12.5. The van der Waals surface area contributed by atoms with Gasteiger partial charge in [-0.2, -0.15) is 0 Å². The van der Waals surface area contributed by atoms with Crippen LogP contribution < -0.4 is 5.32 Å². The maximum Gasteiger partial charge on any atom is 0.338 e. The summed E-state index contributed by atoms with van der Waals surface area (Å²) >= 11 is 1.47. The summed E-state index contributed by atoms with van der Waals surface area (Å²) in [6.45, 7) is 3.61. The van der Waals surface area contributed by atoms with Crippen LogP contribution in [-0.2, 0) is 15.3 Å². The Morgan fingerprint density at radius 1 is 1.14 bits per heavy atom. The van der Waals surface area contributed by atoms with Crippen molar-refractivity contribution < 1.29 is 14.3 Å². The van der Waals surface area contributed by atoms with E-state index in [-0.39, 0.29) is 18.6 Å². The molecule has 1 aromatic heterocycles. The first-order chi connectivity index (χ1) is 13.5. The molecule has 1 aromatic carbocycles. The predicted octanol–water partition coefficient (Wildman–Crippen LogP) is 3.60. The number of benzene rings is 1. The van der Waals surface area contributed by atoms with Crippen molar-refractivity contribution in [3.63, 3.8) is 0 Å². The van der Waals surface area contributed by atoms with E-state index < -0.39 is 5.97 Å². The summed E-state index contributed by atoms with van der Waals surface area (Å²) in [5.41, 5.74) is 3.12. The molecule has 0 bridgehead atoms. The third kappa shape index (κ3) is 5.79. The number of hydrogen-bond donors (Lipinski definition) is 1. The lowest BCUT2D eigenvalue weighted by Gasteiger charge is -2.13. The predicted molar refractivity (Wildman–Crippen MR) is 108 cm³/mol. The van der Waals surface area contributed by atoms with E-state index in [0.29, 0.717) is 16.5 Å². The fraction of sp³-hybridized carbons (Fsp3) is 0.429. The van der Waals surface area contributed by atoms with Crippen LogP contribution in [0.3, 0.4) is 0 Å². The van der Waals surface area contributed by atoms with E-state index in [2.05, 4.69) is 15.3 Å². The smallest absolute Gasteiger partial charge is 0.338 e. The van der Waals surface area contributed by atoms with E-state index in [4.69, 9.17) is 4.74 Å². The molecular weight excluding hydrogens is 374 g/mol. The lowest BCUT2D eigenvalue weighted by molar-refractivity contribution is -0.124. The molecule has 1 aliphatic carbocycles. The Balaban J connectivity index is 1.57. The van der Waals surface area contributed by atoms with Gasteiger partial charge < -0.3 is 10.1 Å². The molecule has 0 aliphatic heterocycles. The number of nitrogens with zero attached hydrogens (tertiary/aromatic N) is 2. The zero-order valence-corrected chi connectivity index (χ0v) is 17.1. The number of esters is 1. The fourth-order valence-corrected chi connectivity index (χ4v) is 4.25. The van der Waals surface area contributed by atoms with Gasteiger partial charge in [-0.25, -0.2) is 14.8 Å². The third-order valence-electron chi connectivity index (χ3n) is 4.61. The molecule has 0 radical (unpaired) electrons. The van der Waals surface area contributed by atoms with Crippen molar-refractivity contribution in [3.8, 4) is 0 Å². The first kappa shape index (κ1) is 20.3. The lowest BCUT2D eigenvalue weighted by atomic mass is 10.1. The molecule has 0 unspecified atom stereocenters. The van der Waals surface area contributed by atoms with Crippen molar-refractivity contribution in [3.05, 3.63) is 52.8 Å². The van der Waals surface area contributed by atoms with Gasteiger partial charge in [0.05, 0.1) is 5.56 Å². The van der Waals surface area contributed by atoms with E-state index in [0.717, 1.165) is 42.6 Å². The van der Waals surface area contributed by atoms with Crippen LogP contribution in [0.4, 0.5) is 0 Å². The zero-order chi connectivity index (χ0) is 19.9. The van der Waals surface area contributed by atoms with Gasteiger partial charge in [0.15, 0.2) is 11.8 Å². The number of rotatable bonds is 7. The average Bonchev–Trinajstić information content (AvgIpc) is 3.17. The highest BCUT2D eigenvalue weighted by atomic mass is 32.2. The molecule has 2 aromatic rings. The highest BCUT2D eigenvalue weighted by Gasteiger charge is 2.19. The minimum absolute atomic E-state index is 0.215. The molecule has 148 valence electrons. The van der Waals surface area contributed by atoms with Crippen LogP contribution in [0.2, 0.25) is 0 Å². The number of carbonyl (C=O) groups excluding carboxylic acids is 2. The first-order valence-corrected chi connectivity index (χ1v) is 10.5. The van der Waals surface area contributed by atoms with E-state index >= 15 is 0 Å². The third-order valence-corrected chi connectivity index (χ3v) is 5.51. The summed E-state index contributed by atoms with van der Waals surface area (Å²) in [5, 5.41) is 3.60. The lowest BCUT2D eigenvalue weighted by Crippen LogP contribution is -2.36. The Kier molecular flexibility index (Phi) is 7.03. The number of thioether (sulfide) groups is 1. The zero-order valence-electron chi connectivity index (χ0n) is 16.2. The summed E-state index contributed by atoms with van der Waals surface area (Å²) in [7, 11) is 0. The van der Waals surface area contributed by atoms with Gasteiger partial charge in [0.25, 0.3) is 5.91 Å². The second-order valence-corrected chi connectivity index (χ2v) is 7.95. The Hall–Kier alpha value is -2.41. The van der Waals surface area contributed by atoms with Gasteiger partial charge in [0.1, 0.15) is 0 Å². The Labute approximate surface area is 169 Å². The van der Waals surface area contributed by atoms with Gasteiger partial charge in [-0.1, -0.05) is 42.8 Å². The second-order valence-electron chi connectivity index (χ2n) is 7.00. The highest BCUT2D eigenvalue weighted by molar-refractivity contribution is 7.98. The summed E-state index contributed by atoms with van der Waals surface area (Å²) in [6, 6.07) is 9.40. The van der Waals surface area contributed by atoms with E-state index in [1.807, 2.05) is 32.0 Å². The van der Waals surface area contributed by atoms with Crippen LogP contribution in [0.25, 0.3) is 0 Å². The minimum Gasteiger partial charge on any atom is -0.452 e. The molecule has 6 nitrogen and oxygen atoms in total. The molecule has 7 heteroatoms. The molecule has 1 fully saturated rings. The van der Waals surface area contributed by atoms with E-state index in [9.17, 15) is 9.59 Å². The summed E-state index contributed by atoms with van der Waals surface area (Å²) < 4.78 is 5.24. The fourth-order valence-electron chi connectivity index (χ4n) is 3.29. The van der Waals surface area contributed by atoms with Crippen molar-refractivity contribution in [2.75, 3.05) is 6.61 Å². The summed E-state index contributed by atoms with van der Waals surface area (Å²) in [6.07, 6.45) is 4.28. The van der Waals surface area contributed by atoms with Crippen LogP contribution in [0.15, 0.2) is 35.5 Å². The van der Waals surface area contributed by atoms with Crippen molar-refractivity contribution in [1.82, 2.24) is 15.3 Å². The molecule has 1 N–H and O–H groups in total. The van der Waals surface area contributed by atoms with Gasteiger partial charge in [0.2, 0.25) is 0 Å². The van der Waals surface area contributed by atoms with Gasteiger partial charge >= 0.3 is 5.97 Å². The van der Waals surface area contributed by atoms with Crippen LogP contribution in [0, 0.1) is 13.8 Å². The van der Waals surface area contributed by atoms with E-state index in [1.165, 1.54) is 11.8 Å². The van der Waals surface area contributed by atoms with Crippen molar-refractivity contribution in [2.45, 2.75) is 56.5 Å². The molecule has 1 heterocycles. The molecular formula is C21H25N3O3S. The Morgan fingerprint density at radius 2 is 1.82 bits per heavy atom. The van der Waals surface area contributed by atoms with Crippen molar-refractivity contribution >= 4 is 23.6 Å². The van der Waals surface area contributed by atoms with Gasteiger partial charge in [-0.3, -0.25) is 4.79 Å². The molecule has 1 amide bonds. The number of hydrogen-bond acceptors (Lipinski definition) is 6. The average molecular weight is 400 g/mol. The number of amides is 1. The normalized spacial score (nSPS) is 14.1. The van der Waals surface area contributed by atoms with Crippen LogP contribution >= 0.6 is 11.8 Å². The Morgan fingerprint density at radius 3 is 2.54 bits per heavy atom. The molecule has 3 rings (SSSR count). The van der Waals surface area contributed by atoms with Gasteiger partial charge in [0, 0.05) is 23.2 Å². The van der Waals surface area contributed by atoms with Crippen molar-refractivity contribution in [1.29, 1.82) is 0 Å². The van der Waals surface area contributed by atoms with Crippen LogP contribution in [-0.4, -0.2) is 34.5 Å². The monoisotopic (exact) mass is 399 g/mol. The second kappa shape index (κ2) is 9.68. The van der Waals surface area contributed by atoms with E-state index in [1.54, 1.807) is 12.1 Å². The molecule has 1 aliphatic rings. The highest BCUT2D eigenvalue weighted by Crippen LogP contribution is 2.23. The van der Waals surface area contributed by atoms with Gasteiger partial charge in [-0.05, 0) is 44.4 Å². The minimum atomic E-state index is -0.487. The SMILES string of the molecule is Cc1cc(C)nc(SCc2ccccc2C(=O)OCC(=O)NC2CCCC2)n1. The van der Waals surface area contributed by atoms with Gasteiger partial charge in [-0.15, -0.1) is 0 Å². The largest absolute Gasteiger partial charge is 0.452 e.